The van der Waals surface area contributed by atoms with Gasteiger partial charge in [0.05, 0.1) is 199 Å². The SMILES string of the molecule is COc1cc(OC)cc(N(CC2CC2)c2ccc3ncc(-c4cnn(C)c4)nc3c2)c1.COc1cc(OC)cc(N(CCCNCC(N)=O)c2ccc3ncc(-c4cnn(C)c4)nc3c2)c1.COc1cc(OC)cc(N(CCI)c2ccc3ncc(-c4cnn(C)c4)nc3c2)c1.COc1cc(OC)cc(N(CCNC(C)C)c2ccc3ncc(-c4cnn(CCC#N)c4)nc3c2)c1. The molecule has 1 saturated carbocycles. The molecule has 0 atom stereocenters. The lowest BCUT2D eigenvalue weighted by Gasteiger charge is -2.27. The molecule has 0 saturated heterocycles. The standard InChI is InChI=1S/C27H31N7O2.C25H29N7O3.C24H25N5O2.C22H22IN5O2/c1-19(2)29-9-11-34(22-12-23(35-3)15-24(13-22)36-4)21-6-7-25-26(14-21)32-27(17-30-25)20-16-31-33(18-20)10-5-8-28;1-31-16-17(13-29-31)24-14-28-22-6-5-18(11-23(22)30-24)32(8-4-7-27-15-25(26)33)19-9-20(34-2)12-21(10-19)35-3;1-28-15-17(12-26-28)24-13-25-22-7-6-18(10-23(22)27-24)29(14-16-4-5-16)19-8-20(30-2)11-21(9-19)31-3;1-27-14-15(12-25-27)22-13-24-20-5-4-16(10-21(20)26-22)28(7-6-23)17-8-18(29-2)11-19(9-17)30-3/h6-7,12-19,29H,5,9-11H2,1-4H3;5-6,9-14,16,27H,4,7-8,15H2,1-3H3,(H2,26,33);6-13,15-16H,4-5,14H2,1-3H3;4-5,8-14H,6-7H2,1-3H3. The van der Waals surface area contributed by atoms with E-state index in [1.807, 2.05) is 167 Å². The van der Waals surface area contributed by atoms with Crippen molar-refractivity contribution >= 4 is 118 Å². The molecule has 16 aromatic rings. The zero-order valence-corrected chi connectivity index (χ0v) is 78.3. The minimum Gasteiger partial charge on any atom is -0.497 e. The molecular formula is C98H107IN24O9. The first-order valence-electron chi connectivity index (χ1n) is 43.0. The summed E-state index contributed by atoms with van der Waals surface area (Å²) in [5.74, 6) is 6.20. The predicted octanol–water partition coefficient (Wildman–Crippen LogP) is 16.4. The molecule has 132 heavy (non-hydrogen) atoms. The zero-order valence-electron chi connectivity index (χ0n) is 76.2. The fourth-order valence-corrected chi connectivity index (χ4v) is 15.2. The van der Waals surface area contributed by atoms with E-state index in [0.29, 0.717) is 49.5 Å². The number of hydrogen-bond donors (Lipinski definition) is 3. The van der Waals surface area contributed by atoms with Crippen LogP contribution in [0.4, 0.5) is 45.5 Å². The number of nitrogens with zero attached hydrogens (tertiary/aromatic N) is 21. The van der Waals surface area contributed by atoms with Crippen LogP contribution in [0.5, 0.6) is 46.0 Å². The summed E-state index contributed by atoms with van der Waals surface area (Å²) >= 11 is 2.38. The van der Waals surface area contributed by atoms with Gasteiger partial charge in [0.15, 0.2) is 0 Å². The lowest BCUT2D eigenvalue weighted by molar-refractivity contribution is -0.117. The van der Waals surface area contributed by atoms with E-state index in [4.69, 9.17) is 68.8 Å². The number of alkyl halides is 1. The number of aryl methyl sites for hydroxylation is 4. The average molecular weight is 1890 g/mol. The van der Waals surface area contributed by atoms with Crippen molar-refractivity contribution in [2.45, 2.75) is 52.1 Å². The van der Waals surface area contributed by atoms with Crippen LogP contribution in [-0.2, 0) is 32.5 Å². The van der Waals surface area contributed by atoms with Crippen LogP contribution >= 0.6 is 22.6 Å². The van der Waals surface area contributed by atoms with E-state index in [1.165, 1.54) is 12.8 Å². The van der Waals surface area contributed by atoms with Crippen molar-refractivity contribution in [3.8, 4) is 97.1 Å². The van der Waals surface area contributed by atoms with E-state index in [2.05, 4.69) is 143 Å². The molecule has 0 bridgehead atoms. The molecule has 0 spiro atoms. The summed E-state index contributed by atoms with van der Waals surface area (Å²) in [5, 5.41) is 32.4. The number of aromatic nitrogens is 16. The molecule has 0 unspecified atom stereocenters. The third-order valence-corrected chi connectivity index (χ3v) is 22.2. The van der Waals surface area contributed by atoms with Crippen LogP contribution in [0.1, 0.15) is 39.5 Å². The van der Waals surface area contributed by atoms with E-state index < -0.39 is 0 Å². The fraction of sp³-hybridized carbons (Fsp3) is 0.286. The van der Waals surface area contributed by atoms with Gasteiger partial charge in [-0.3, -0.25) is 43.5 Å². The van der Waals surface area contributed by atoms with E-state index in [9.17, 15) is 4.79 Å². The van der Waals surface area contributed by atoms with Crippen molar-refractivity contribution in [3.05, 3.63) is 220 Å². The van der Waals surface area contributed by atoms with Gasteiger partial charge in [-0.25, -0.2) is 19.9 Å². The third-order valence-electron chi connectivity index (χ3n) is 21.7. The number of amides is 1. The second kappa shape index (κ2) is 44.5. The highest BCUT2D eigenvalue weighted by Crippen LogP contribution is 2.42. The highest BCUT2D eigenvalue weighted by Gasteiger charge is 2.27. The molecule has 680 valence electrons. The summed E-state index contributed by atoms with van der Waals surface area (Å²) in [5.41, 5.74) is 26.5. The third kappa shape index (κ3) is 24.2. The van der Waals surface area contributed by atoms with Gasteiger partial charge < -0.3 is 73.9 Å². The van der Waals surface area contributed by atoms with Crippen LogP contribution < -0.4 is 73.9 Å². The molecule has 4 N–H and O–H groups in total. The molecule has 34 heteroatoms. The molecule has 1 aliphatic carbocycles. The van der Waals surface area contributed by atoms with Gasteiger partial charge in [0.1, 0.15) is 46.0 Å². The normalized spacial score (nSPS) is 11.5. The summed E-state index contributed by atoms with van der Waals surface area (Å²) in [4.78, 5) is 57.8. The number of ether oxygens (including phenoxy) is 8. The number of carbonyl (C=O) groups excluding carboxylic acids is 1. The highest BCUT2D eigenvalue weighted by molar-refractivity contribution is 14.1. The van der Waals surface area contributed by atoms with Crippen LogP contribution in [0.25, 0.3) is 89.2 Å². The molecule has 8 aromatic heterocycles. The number of fused-ring (bicyclic) bond motifs is 4. The molecule has 8 aromatic carbocycles. The summed E-state index contributed by atoms with van der Waals surface area (Å²) in [6.07, 6.45) is 25.6. The minimum absolute atomic E-state index is 0.148. The van der Waals surface area contributed by atoms with Crippen molar-refractivity contribution in [2.75, 3.05) is 127 Å². The summed E-state index contributed by atoms with van der Waals surface area (Å²) in [6.45, 7) is 9.57. The molecule has 8 heterocycles. The summed E-state index contributed by atoms with van der Waals surface area (Å²) < 4.78 is 51.9. The number of anilines is 8. The van der Waals surface area contributed by atoms with Crippen LogP contribution in [-0.4, -0.2) is 198 Å². The molecular weight excluding hydrogens is 1780 g/mol. The number of primary amides is 1. The molecule has 33 nitrogen and oxygen atoms in total. The Morgan fingerprint density at radius 1 is 0.424 bits per heavy atom. The Labute approximate surface area is 779 Å². The van der Waals surface area contributed by atoms with Crippen molar-refractivity contribution in [1.29, 1.82) is 5.26 Å². The number of nitriles is 1. The minimum atomic E-state index is -0.378. The molecule has 1 fully saturated rings. The largest absolute Gasteiger partial charge is 0.497 e. The Bertz CT molecular complexity index is 6580. The summed E-state index contributed by atoms with van der Waals surface area (Å²) in [6, 6.07) is 50.5. The van der Waals surface area contributed by atoms with Gasteiger partial charge in [0.2, 0.25) is 5.91 Å². The Morgan fingerprint density at radius 2 is 0.750 bits per heavy atom. The Kier molecular flexibility index (Phi) is 31.4. The van der Waals surface area contributed by atoms with Gasteiger partial charge >= 0.3 is 0 Å². The van der Waals surface area contributed by atoms with E-state index >= 15 is 0 Å². The smallest absolute Gasteiger partial charge is 0.231 e. The van der Waals surface area contributed by atoms with Crippen LogP contribution in [0.3, 0.4) is 0 Å². The van der Waals surface area contributed by atoms with Gasteiger partial charge in [-0.2, -0.15) is 25.7 Å². The van der Waals surface area contributed by atoms with E-state index in [1.54, 1.807) is 119 Å². The quantitative estimate of drug-likeness (QED) is 0.0186. The van der Waals surface area contributed by atoms with E-state index in [0.717, 1.165) is 206 Å². The van der Waals surface area contributed by atoms with Gasteiger partial charge in [0, 0.05) is 230 Å². The monoisotopic (exact) mass is 1890 g/mol. The first kappa shape index (κ1) is 93.3. The summed E-state index contributed by atoms with van der Waals surface area (Å²) in [7, 11) is 18.9. The van der Waals surface area contributed by atoms with Crippen LogP contribution in [0, 0.1) is 17.2 Å². The number of carbonyl (C=O) groups is 1. The number of hydrogen-bond acceptors (Lipinski definition) is 28. The molecule has 0 aliphatic heterocycles. The number of methoxy groups -OCH3 is 8. The Balaban J connectivity index is 0.000000142. The Hall–Kier alpha value is -14.8. The topological polar surface area (TPSA) is 352 Å². The molecule has 1 aliphatic rings. The lowest BCUT2D eigenvalue weighted by Crippen LogP contribution is -2.32. The first-order chi connectivity index (χ1) is 64.2. The highest BCUT2D eigenvalue weighted by atomic mass is 127. The van der Waals surface area contributed by atoms with Crippen molar-refractivity contribution in [3.63, 3.8) is 0 Å². The Morgan fingerprint density at radius 3 is 1.06 bits per heavy atom. The van der Waals surface area contributed by atoms with Crippen molar-refractivity contribution in [1.82, 2.24) is 89.6 Å². The van der Waals surface area contributed by atoms with Gasteiger partial charge in [-0.05, 0) is 105 Å². The predicted molar refractivity (Wildman–Crippen MR) is 524 cm³/mol. The van der Waals surface area contributed by atoms with Crippen LogP contribution in [0.2, 0.25) is 0 Å². The van der Waals surface area contributed by atoms with E-state index in [-0.39, 0.29) is 12.5 Å². The number of benzene rings is 8. The maximum Gasteiger partial charge on any atom is 0.231 e. The number of rotatable bonds is 36. The number of nitrogens with two attached hydrogens (primary N) is 1. The van der Waals surface area contributed by atoms with Crippen molar-refractivity contribution in [2.24, 2.45) is 32.8 Å². The number of halogens is 1. The second-order valence-electron chi connectivity index (χ2n) is 31.4. The maximum absolute atomic E-state index is 11.0. The molecule has 17 rings (SSSR count). The van der Waals surface area contributed by atoms with Crippen LogP contribution in [0.15, 0.2) is 220 Å². The molecule has 1 amide bonds. The number of nitrogens with one attached hydrogen (secondary N) is 2. The first-order valence-corrected chi connectivity index (χ1v) is 44.5. The van der Waals surface area contributed by atoms with Gasteiger partial charge in [-0.1, -0.05) is 36.4 Å². The lowest BCUT2D eigenvalue weighted by atomic mass is 10.1. The molecule has 0 radical (unpaired) electrons. The zero-order chi connectivity index (χ0) is 92.7. The van der Waals surface area contributed by atoms with Crippen molar-refractivity contribution < 1.29 is 42.7 Å². The average Bonchev–Trinajstić information content (AvgIpc) is 1.35. The van der Waals surface area contributed by atoms with Gasteiger partial charge in [-0.15, -0.1) is 0 Å². The van der Waals surface area contributed by atoms with Gasteiger partial charge in [0.25, 0.3) is 0 Å². The fourth-order valence-electron chi connectivity index (χ4n) is 14.7. The maximum atomic E-state index is 11.0. The second-order valence-corrected chi connectivity index (χ2v) is 32.5.